The Bertz CT molecular complexity index is 2080. The summed E-state index contributed by atoms with van der Waals surface area (Å²) in [6.45, 7) is 16.3. The zero-order valence-electron chi connectivity index (χ0n) is 57.4. The number of aldehydes is 1. The molecule has 0 saturated carbocycles. The molecule has 0 spiro atoms. The summed E-state index contributed by atoms with van der Waals surface area (Å²) in [5, 5.41) is 17.6. The molecule has 4 fully saturated rings. The molecule has 1 aromatic rings. The maximum atomic E-state index is 11.3. The Labute approximate surface area is 539 Å². The number of aliphatic hydroxyl groups excluding tert-OH is 1. The zero-order chi connectivity index (χ0) is 67.7. The number of morpholine rings is 1. The number of hydrogen-bond donors (Lipinski definition) is 3. The van der Waals surface area contributed by atoms with Gasteiger partial charge >= 0.3 is 23.9 Å². The van der Waals surface area contributed by atoms with Crippen LogP contribution in [-0.4, -0.2) is 304 Å². The highest BCUT2D eigenvalue weighted by molar-refractivity contribution is 8.00. The van der Waals surface area contributed by atoms with Crippen LogP contribution in [0, 0.1) is 17.8 Å². The quantitative estimate of drug-likeness (QED) is 0.0359. The predicted molar refractivity (Wildman–Crippen MR) is 354 cm³/mol. The fourth-order valence-electron chi connectivity index (χ4n) is 8.16. The van der Waals surface area contributed by atoms with Gasteiger partial charge in [0.25, 0.3) is 0 Å². The summed E-state index contributed by atoms with van der Waals surface area (Å²) < 4.78 is 19.0. The Morgan fingerprint density at radius 2 is 1.36 bits per heavy atom. The van der Waals surface area contributed by atoms with Crippen molar-refractivity contribution in [3.63, 3.8) is 0 Å². The first-order chi connectivity index (χ1) is 42.0. The molecule has 2 unspecified atom stereocenters. The van der Waals surface area contributed by atoms with Gasteiger partial charge in [-0.15, -0.1) is 11.8 Å². The van der Waals surface area contributed by atoms with Crippen molar-refractivity contribution in [1.82, 2.24) is 44.1 Å². The number of rotatable bonds is 18. The summed E-state index contributed by atoms with van der Waals surface area (Å²) in [6, 6.07) is 9.62. The summed E-state index contributed by atoms with van der Waals surface area (Å²) in [7, 11) is 28.2. The number of piperidine rings is 2. The smallest absolute Gasteiger partial charge is 0.323 e. The predicted octanol–water partition coefficient (Wildman–Crippen LogP) is 3.83. The number of likely N-dealkylation sites (N-methyl/N-ethyl adjacent to an activating group) is 3. The largest absolute Gasteiger partial charge is 0.469 e. The van der Waals surface area contributed by atoms with Crippen LogP contribution in [0.5, 0.6) is 0 Å². The van der Waals surface area contributed by atoms with Crippen molar-refractivity contribution >= 4 is 47.8 Å². The van der Waals surface area contributed by atoms with Gasteiger partial charge in [0.15, 0.2) is 6.29 Å². The Hall–Kier alpha value is -4.87. The van der Waals surface area contributed by atoms with Crippen LogP contribution in [-0.2, 0) is 64.1 Å². The minimum absolute atomic E-state index is 0.0544. The molecule has 24 nitrogen and oxygen atoms in total. The first kappa shape index (κ1) is 86.2. The van der Waals surface area contributed by atoms with Crippen molar-refractivity contribution in [2.45, 2.75) is 89.0 Å². The third-order valence-electron chi connectivity index (χ3n) is 14.2. The van der Waals surface area contributed by atoms with Crippen LogP contribution in [0.3, 0.4) is 0 Å². The summed E-state index contributed by atoms with van der Waals surface area (Å²) in [5.41, 5.74) is 6.08. The molecule has 7 rings (SSSR count). The van der Waals surface area contributed by atoms with E-state index in [0.717, 1.165) is 95.8 Å². The van der Waals surface area contributed by atoms with Gasteiger partial charge in [-0.1, -0.05) is 54.6 Å². The van der Waals surface area contributed by atoms with Crippen LogP contribution in [0.2, 0.25) is 0 Å². The fraction of sp³-hybridized carbons (Fsp3) is 0.719. The van der Waals surface area contributed by atoms with E-state index in [1.54, 1.807) is 31.0 Å². The number of thioether (sulfide) groups is 1. The normalized spacial score (nSPS) is 19.2. The van der Waals surface area contributed by atoms with E-state index in [-0.39, 0.29) is 52.5 Å². The molecule has 4 saturated heterocycles. The molecule has 1 aromatic carbocycles. The van der Waals surface area contributed by atoms with Gasteiger partial charge in [0.1, 0.15) is 25.5 Å². The van der Waals surface area contributed by atoms with Gasteiger partial charge in [0.2, 0.25) is 5.91 Å². The Kier molecular flexibility index (Phi) is 51.1. The lowest BCUT2D eigenvalue weighted by Gasteiger charge is -2.30. The maximum absolute atomic E-state index is 11.3. The monoisotopic (exact) mass is 1280 g/mol. The fourth-order valence-corrected chi connectivity index (χ4v) is 9.42. The minimum Gasteiger partial charge on any atom is -0.469 e. The average Bonchev–Trinajstić information content (AvgIpc) is 1.89. The molecule has 4 N–H and O–H groups in total. The van der Waals surface area contributed by atoms with Crippen LogP contribution in [0.4, 0.5) is 0 Å². The zero-order valence-corrected chi connectivity index (χ0v) is 58.2. The number of cyclic esters (lactones) is 1. The van der Waals surface area contributed by atoms with Crippen LogP contribution in [0.25, 0.3) is 0 Å². The number of nitrogens with two attached hydrogens (primary N) is 1. The van der Waals surface area contributed by atoms with Gasteiger partial charge < -0.3 is 69.1 Å². The van der Waals surface area contributed by atoms with Crippen molar-refractivity contribution in [1.29, 1.82) is 0 Å². The SMILES string of the molecule is CN(C)CCC(=O)OCc1ccccc1.CN(C)CCC=O.CN1C=CC(C(N)=O)C=C1.CN1CC=CC1.CN1CCCC(C(O)O)C1.CN1CCOC(=O)C1.COC(=O)C1CSC(C)(C)N1C.COC(=O)CCCN(C)C.COOCC1CCN(C)CC1. The summed E-state index contributed by atoms with van der Waals surface area (Å²) in [5.74, 6) is 0.557. The highest BCUT2D eigenvalue weighted by Gasteiger charge is 2.41. The van der Waals surface area contributed by atoms with E-state index < -0.39 is 6.29 Å². The molecule has 0 aliphatic carbocycles. The van der Waals surface area contributed by atoms with E-state index in [4.69, 9.17) is 30.3 Å². The molecule has 6 aliphatic heterocycles. The molecule has 0 radical (unpaired) electrons. The molecule has 0 aromatic heterocycles. The third-order valence-corrected chi connectivity index (χ3v) is 15.6. The van der Waals surface area contributed by atoms with Gasteiger partial charge in [-0.05, 0) is 161 Å². The Morgan fingerprint density at radius 3 is 1.76 bits per heavy atom. The van der Waals surface area contributed by atoms with Gasteiger partial charge in [-0.2, -0.15) is 0 Å². The topological polar surface area (TPSA) is 253 Å². The van der Waals surface area contributed by atoms with Crippen molar-refractivity contribution < 1.29 is 67.7 Å². The molecule has 2 atom stereocenters. The number of hydrogen-bond acceptors (Lipinski definition) is 24. The lowest BCUT2D eigenvalue weighted by atomic mass is 9.98. The van der Waals surface area contributed by atoms with Crippen molar-refractivity contribution in [3.05, 3.63) is 72.6 Å². The first-order valence-corrected chi connectivity index (χ1v) is 31.5. The highest BCUT2D eigenvalue weighted by atomic mass is 32.2. The number of carbonyl (C=O) groups is 6. The van der Waals surface area contributed by atoms with E-state index >= 15 is 0 Å². The number of ether oxygens (including phenoxy) is 4. The van der Waals surface area contributed by atoms with E-state index in [1.165, 1.54) is 40.2 Å². The van der Waals surface area contributed by atoms with E-state index in [2.05, 4.69) is 74.1 Å². The second-order valence-electron chi connectivity index (χ2n) is 23.6. The summed E-state index contributed by atoms with van der Waals surface area (Å²) in [4.78, 5) is 91.8. The molecule has 1 amide bonds. The average molecular weight is 1280 g/mol. The molecule has 6 aliphatic rings. The van der Waals surface area contributed by atoms with Crippen LogP contribution in [0.15, 0.2) is 67.0 Å². The summed E-state index contributed by atoms with van der Waals surface area (Å²) in [6.07, 6.45) is 18.3. The van der Waals surface area contributed by atoms with Crippen LogP contribution >= 0.6 is 11.8 Å². The molecule has 89 heavy (non-hydrogen) atoms. The third kappa shape index (κ3) is 48.6. The number of carbonyl (C=O) groups excluding carboxylic acids is 6. The molecule has 6 heterocycles. The Morgan fingerprint density at radius 1 is 0.764 bits per heavy atom. The molecule has 25 heteroatoms. The Balaban J connectivity index is 0. The standard InChI is InChI=1S/C12H17NO2.C8H15NO2S.C8H17NO2.C7H10N2O.2C7H15NO2.C5H9NO2.C5H11NO.C5H9N/c1-13(2)9-8-12(14)15-10-11-6-4-3-5-7-11;1-8(2)9(3)6(5-12-8)7(10)11-4;1-9-5-3-8(4-6-9)7-11-10-2;1-9-4-2-6(3-5-9)7(8)10;1-8-4-2-3-6(5-8)7(9)10;1-8(2)6-4-5-7(9)10-3;1-6-2-3-8-5(7)4-6;1-6(2)4-3-5-7;1-6-4-2-3-5-6/h3-7H,8-10H2,1-2H3;6H,5H2,1-4H3;8H,3-7H2,1-2H3;2-6H,1H3,(H2,8,10);6-7,9-10H,2-5H2,1H3;4-6H2,1-3H3;2-4H2,1H3;5H,3-4H2,1-2H3;2-3H,4-5H2,1H3. The van der Waals surface area contributed by atoms with E-state index in [9.17, 15) is 28.8 Å². The maximum Gasteiger partial charge on any atom is 0.323 e. The number of nitrogens with zero attached hydrogens (tertiary/aromatic N) is 9. The van der Waals surface area contributed by atoms with Crippen LogP contribution < -0.4 is 5.73 Å². The number of methoxy groups -OCH3 is 2. The summed E-state index contributed by atoms with van der Waals surface area (Å²) >= 11 is 1.78. The van der Waals surface area contributed by atoms with E-state index in [0.29, 0.717) is 44.9 Å². The number of likely N-dealkylation sites (tertiary alicyclic amines) is 2. The molecular formula is C64H118N10O14S. The molecular weight excluding hydrogens is 1160 g/mol. The van der Waals surface area contributed by atoms with Gasteiger partial charge in [0.05, 0.1) is 51.7 Å². The minimum atomic E-state index is -1.12. The lowest BCUT2D eigenvalue weighted by Crippen LogP contribution is -2.43. The second-order valence-corrected chi connectivity index (χ2v) is 25.2. The number of aliphatic hydroxyl groups is 2. The molecule has 514 valence electrons. The molecule has 0 bridgehead atoms. The van der Waals surface area contributed by atoms with Gasteiger partial charge in [-0.25, -0.2) is 9.78 Å². The van der Waals surface area contributed by atoms with E-state index in [1.807, 2.05) is 138 Å². The number of primary amides is 1. The van der Waals surface area contributed by atoms with Crippen LogP contribution in [0.1, 0.15) is 70.8 Å². The van der Waals surface area contributed by atoms with Crippen molar-refractivity contribution in [2.75, 3.05) is 197 Å². The lowest BCUT2D eigenvalue weighted by molar-refractivity contribution is -0.281. The van der Waals surface area contributed by atoms with Crippen molar-refractivity contribution in [2.24, 2.45) is 23.5 Å². The second kappa shape index (κ2) is 52.7. The van der Waals surface area contributed by atoms with Gasteiger partial charge in [-0.3, -0.25) is 38.7 Å². The number of esters is 4. The van der Waals surface area contributed by atoms with Crippen molar-refractivity contribution in [3.8, 4) is 0 Å². The first-order valence-electron chi connectivity index (χ1n) is 30.5. The number of amides is 1. The number of benzene rings is 1. The van der Waals surface area contributed by atoms with Gasteiger partial charge in [0, 0.05) is 83.2 Å². The highest BCUT2D eigenvalue weighted by Crippen LogP contribution is 2.37.